The fourth-order valence-corrected chi connectivity index (χ4v) is 3.69. The van der Waals surface area contributed by atoms with Crippen molar-refractivity contribution in [1.29, 1.82) is 0 Å². The van der Waals surface area contributed by atoms with Gasteiger partial charge in [-0.1, -0.05) is 0 Å². The molecule has 4 nitrogen and oxygen atoms in total. The minimum atomic E-state index is -0.762. The van der Waals surface area contributed by atoms with Gasteiger partial charge in [-0.2, -0.15) is 11.8 Å². The molecule has 0 aromatic carbocycles. The zero-order chi connectivity index (χ0) is 12.3. The fraction of sp³-hybridized carbons (Fsp3) is 0.833. The van der Waals surface area contributed by atoms with Crippen LogP contribution in [0.15, 0.2) is 0 Å². The zero-order valence-electron chi connectivity index (χ0n) is 9.93. The van der Waals surface area contributed by atoms with E-state index in [2.05, 4.69) is 0 Å². The Bertz CT molecular complexity index is 302. The smallest absolute Gasteiger partial charge is 0.308 e. The second-order valence-corrected chi connectivity index (χ2v) is 6.07. The highest BCUT2D eigenvalue weighted by atomic mass is 32.2. The first-order valence-corrected chi connectivity index (χ1v) is 7.43. The number of aliphatic carboxylic acids is 1. The molecule has 5 heteroatoms. The van der Waals surface area contributed by atoms with Crippen LogP contribution in [-0.4, -0.2) is 46.5 Å². The lowest BCUT2D eigenvalue weighted by atomic mass is 9.95. The van der Waals surface area contributed by atoms with Crippen molar-refractivity contribution in [3.05, 3.63) is 0 Å². The van der Waals surface area contributed by atoms with Gasteiger partial charge in [0, 0.05) is 19.0 Å². The predicted molar refractivity (Wildman–Crippen MR) is 67.0 cm³/mol. The second-order valence-electron chi connectivity index (χ2n) is 4.85. The third kappa shape index (κ3) is 3.15. The Morgan fingerprint density at radius 2 is 1.82 bits per heavy atom. The van der Waals surface area contributed by atoms with Crippen LogP contribution in [0.3, 0.4) is 0 Å². The molecule has 0 bridgehead atoms. The number of carboxylic acids is 1. The number of carboxylic acid groups (broad SMARTS) is 1. The summed E-state index contributed by atoms with van der Waals surface area (Å²) in [4.78, 5) is 25.0. The van der Waals surface area contributed by atoms with E-state index in [4.69, 9.17) is 5.11 Å². The van der Waals surface area contributed by atoms with E-state index in [-0.39, 0.29) is 17.7 Å². The molecule has 1 amide bonds. The van der Waals surface area contributed by atoms with Gasteiger partial charge < -0.3 is 10.0 Å². The van der Waals surface area contributed by atoms with Gasteiger partial charge >= 0.3 is 5.97 Å². The van der Waals surface area contributed by atoms with Crippen LogP contribution in [0.5, 0.6) is 0 Å². The monoisotopic (exact) mass is 257 g/mol. The standard InChI is InChI=1S/C12H19NO3S/c14-11(9-3-6-17-7-4-9)13-5-1-2-10(8-13)12(15)16/h9-10H,1-8H2,(H,15,16)/t10-/m0/s1. The number of piperidine rings is 1. The number of nitrogens with zero attached hydrogens (tertiary/aromatic N) is 1. The Balaban J connectivity index is 1.91. The lowest BCUT2D eigenvalue weighted by Gasteiger charge is -2.34. The summed E-state index contributed by atoms with van der Waals surface area (Å²) in [6.45, 7) is 1.16. The van der Waals surface area contributed by atoms with E-state index in [1.54, 1.807) is 4.90 Å². The molecule has 0 radical (unpaired) electrons. The first-order valence-electron chi connectivity index (χ1n) is 6.28. The number of rotatable bonds is 2. The molecule has 1 atom stereocenters. The molecule has 2 saturated heterocycles. The maximum Gasteiger partial charge on any atom is 0.308 e. The largest absolute Gasteiger partial charge is 0.481 e. The van der Waals surface area contributed by atoms with E-state index >= 15 is 0 Å². The number of thioether (sulfide) groups is 1. The van der Waals surface area contributed by atoms with Crippen LogP contribution in [0, 0.1) is 11.8 Å². The molecule has 96 valence electrons. The number of likely N-dealkylation sites (tertiary alicyclic amines) is 1. The summed E-state index contributed by atoms with van der Waals surface area (Å²) in [6.07, 6.45) is 3.44. The van der Waals surface area contributed by atoms with E-state index in [0.29, 0.717) is 13.0 Å². The molecule has 2 heterocycles. The molecule has 2 aliphatic rings. The molecule has 0 aromatic rings. The van der Waals surface area contributed by atoms with Gasteiger partial charge in [0.15, 0.2) is 0 Å². The lowest BCUT2D eigenvalue weighted by molar-refractivity contribution is -0.146. The quantitative estimate of drug-likeness (QED) is 0.813. The molecule has 0 spiro atoms. The average molecular weight is 257 g/mol. The first kappa shape index (κ1) is 12.7. The topological polar surface area (TPSA) is 57.6 Å². The highest BCUT2D eigenvalue weighted by Gasteiger charge is 2.32. The van der Waals surface area contributed by atoms with Gasteiger partial charge in [-0.05, 0) is 37.2 Å². The van der Waals surface area contributed by atoms with Crippen LogP contribution in [0.25, 0.3) is 0 Å². The zero-order valence-corrected chi connectivity index (χ0v) is 10.7. The van der Waals surface area contributed by atoms with Crippen molar-refractivity contribution in [3.8, 4) is 0 Å². The van der Waals surface area contributed by atoms with E-state index in [9.17, 15) is 9.59 Å². The molecular weight excluding hydrogens is 238 g/mol. The summed E-state index contributed by atoms with van der Waals surface area (Å²) >= 11 is 1.90. The molecule has 0 aliphatic carbocycles. The van der Waals surface area contributed by atoms with Crippen molar-refractivity contribution in [2.75, 3.05) is 24.6 Å². The fourth-order valence-electron chi connectivity index (χ4n) is 2.58. The van der Waals surface area contributed by atoms with Crippen LogP contribution < -0.4 is 0 Å². The van der Waals surface area contributed by atoms with Gasteiger partial charge in [0.05, 0.1) is 5.92 Å². The molecule has 0 saturated carbocycles. The summed E-state index contributed by atoms with van der Waals surface area (Å²) in [6, 6.07) is 0. The SMILES string of the molecule is O=C(O)[C@H]1CCCN(C(=O)C2CCSCC2)C1. The highest BCUT2D eigenvalue weighted by Crippen LogP contribution is 2.26. The van der Waals surface area contributed by atoms with Crippen LogP contribution in [0.2, 0.25) is 0 Å². The third-order valence-electron chi connectivity index (χ3n) is 3.65. The molecule has 0 unspecified atom stereocenters. The van der Waals surface area contributed by atoms with Gasteiger partial charge in [0.25, 0.3) is 0 Å². The minimum absolute atomic E-state index is 0.142. The van der Waals surface area contributed by atoms with Crippen molar-refractivity contribution in [1.82, 2.24) is 4.90 Å². The Morgan fingerprint density at radius 1 is 1.12 bits per heavy atom. The average Bonchev–Trinajstić information content (AvgIpc) is 2.39. The van der Waals surface area contributed by atoms with Gasteiger partial charge in [0.2, 0.25) is 5.91 Å². The molecule has 2 fully saturated rings. The number of carbonyl (C=O) groups is 2. The van der Waals surface area contributed by atoms with Gasteiger partial charge in [-0.25, -0.2) is 0 Å². The van der Waals surface area contributed by atoms with Gasteiger partial charge in [-0.15, -0.1) is 0 Å². The molecule has 1 N–H and O–H groups in total. The normalized spacial score (nSPS) is 26.8. The van der Waals surface area contributed by atoms with Crippen molar-refractivity contribution in [3.63, 3.8) is 0 Å². The van der Waals surface area contributed by atoms with Crippen molar-refractivity contribution in [2.24, 2.45) is 11.8 Å². The minimum Gasteiger partial charge on any atom is -0.481 e. The van der Waals surface area contributed by atoms with Crippen molar-refractivity contribution in [2.45, 2.75) is 25.7 Å². The van der Waals surface area contributed by atoms with Crippen LogP contribution >= 0.6 is 11.8 Å². The molecule has 0 aromatic heterocycles. The number of hydrogen-bond donors (Lipinski definition) is 1. The van der Waals surface area contributed by atoms with Crippen LogP contribution in [0.1, 0.15) is 25.7 Å². The third-order valence-corrected chi connectivity index (χ3v) is 4.70. The lowest BCUT2D eigenvalue weighted by Crippen LogP contribution is -2.45. The molecular formula is C12H19NO3S. The van der Waals surface area contributed by atoms with E-state index in [1.807, 2.05) is 11.8 Å². The van der Waals surface area contributed by atoms with Gasteiger partial charge in [0.1, 0.15) is 0 Å². The first-order chi connectivity index (χ1) is 8.18. The predicted octanol–water partition coefficient (Wildman–Crippen LogP) is 1.45. The Kier molecular flexibility index (Phi) is 4.31. The summed E-state index contributed by atoms with van der Waals surface area (Å²) in [5, 5.41) is 9.01. The Morgan fingerprint density at radius 3 is 2.47 bits per heavy atom. The maximum atomic E-state index is 12.2. The summed E-state index contributed by atoms with van der Waals surface area (Å²) in [5.74, 6) is 1.34. The van der Waals surface area contributed by atoms with E-state index in [0.717, 1.165) is 37.3 Å². The van der Waals surface area contributed by atoms with Crippen molar-refractivity contribution < 1.29 is 14.7 Å². The highest BCUT2D eigenvalue weighted by molar-refractivity contribution is 7.99. The molecule has 2 rings (SSSR count). The van der Waals surface area contributed by atoms with Gasteiger partial charge in [-0.3, -0.25) is 9.59 Å². The number of carbonyl (C=O) groups excluding carboxylic acids is 1. The van der Waals surface area contributed by atoms with E-state index < -0.39 is 5.97 Å². The summed E-state index contributed by atoms with van der Waals surface area (Å²) in [5.41, 5.74) is 0. The summed E-state index contributed by atoms with van der Waals surface area (Å²) in [7, 11) is 0. The Hall–Kier alpha value is -0.710. The Labute approximate surface area is 106 Å². The number of amides is 1. The number of hydrogen-bond acceptors (Lipinski definition) is 3. The van der Waals surface area contributed by atoms with Crippen LogP contribution in [-0.2, 0) is 9.59 Å². The van der Waals surface area contributed by atoms with Crippen molar-refractivity contribution >= 4 is 23.6 Å². The maximum absolute atomic E-state index is 12.2. The molecule has 17 heavy (non-hydrogen) atoms. The van der Waals surface area contributed by atoms with Crippen LogP contribution in [0.4, 0.5) is 0 Å². The summed E-state index contributed by atoms with van der Waals surface area (Å²) < 4.78 is 0. The molecule has 2 aliphatic heterocycles. The second kappa shape index (κ2) is 5.76. The van der Waals surface area contributed by atoms with E-state index in [1.165, 1.54) is 0 Å².